The molecule has 2 aromatic carbocycles. The van der Waals surface area contributed by atoms with E-state index in [1.165, 1.54) is 12.1 Å². The van der Waals surface area contributed by atoms with Gasteiger partial charge in [-0.15, -0.1) is 0 Å². The molecule has 2 aromatic rings. The van der Waals surface area contributed by atoms with Crippen molar-refractivity contribution in [3.05, 3.63) is 58.9 Å². The molecule has 0 aliphatic carbocycles. The minimum Gasteiger partial charge on any atom is -0.457 e. The predicted molar refractivity (Wildman–Crippen MR) is 111 cm³/mol. The van der Waals surface area contributed by atoms with Crippen LogP contribution in [0.5, 0.6) is 0 Å². The van der Waals surface area contributed by atoms with Crippen LogP contribution in [0.15, 0.2) is 36.4 Å². The SMILES string of the molecule is Cc1cc(N)ccc1C(=O)N1CCCC(OC(=O)C(C)(C)C)c2cc(F)ccc21. The van der Waals surface area contributed by atoms with Crippen molar-refractivity contribution < 1.29 is 18.7 Å². The number of ether oxygens (including phenoxy) is 1. The Morgan fingerprint density at radius 3 is 2.55 bits per heavy atom. The first kappa shape index (κ1) is 20.8. The maximum atomic E-state index is 14.1. The molecule has 6 heteroatoms. The monoisotopic (exact) mass is 398 g/mol. The molecule has 0 saturated heterocycles. The van der Waals surface area contributed by atoms with Crippen LogP contribution in [0.3, 0.4) is 0 Å². The van der Waals surface area contributed by atoms with E-state index in [4.69, 9.17) is 10.5 Å². The van der Waals surface area contributed by atoms with Crippen LogP contribution in [0.2, 0.25) is 0 Å². The van der Waals surface area contributed by atoms with Gasteiger partial charge in [0.05, 0.1) is 11.1 Å². The molecular weight excluding hydrogens is 371 g/mol. The van der Waals surface area contributed by atoms with Gasteiger partial charge in [0.25, 0.3) is 5.91 Å². The number of anilines is 2. The number of nitrogen functional groups attached to an aromatic ring is 1. The molecule has 5 nitrogen and oxygen atoms in total. The molecule has 1 aliphatic rings. The van der Waals surface area contributed by atoms with Gasteiger partial charge in [-0.3, -0.25) is 9.59 Å². The molecule has 0 fully saturated rings. The van der Waals surface area contributed by atoms with Crippen molar-refractivity contribution in [2.75, 3.05) is 17.2 Å². The summed E-state index contributed by atoms with van der Waals surface area (Å²) in [5.74, 6) is -0.969. The predicted octanol–water partition coefficient (Wildman–Crippen LogP) is 4.79. The summed E-state index contributed by atoms with van der Waals surface area (Å²) in [4.78, 5) is 27.4. The van der Waals surface area contributed by atoms with Gasteiger partial charge in [-0.1, -0.05) is 0 Å². The van der Waals surface area contributed by atoms with Gasteiger partial charge >= 0.3 is 5.97 Å². The number of benzene rings is 2. The first-order valence-electron chi connectivity index (χ1n) is 9.76. The quantitative estimate of drug-likeness (QED) is 0.583. The molecule has 1 aliphatic heterocycles. The third-order valence-electron chi connectivity index (χ3n) is 5.06. The van der Waals surface area contributed by atoms with Gasteiger partial charge in [0.2, 0.25) is 0 Å². The Kier molecular flexibility index (Phi) is 5.64. The van der Waals surface area contributed by atoms with Gasteiger partial charge in [-0.25, -0.2) is 4.39 Å². The highest BCUT2D eigenvalue weighted by molar-refractivity contribution is 6.07. The second kappa shape index (κ2) is 7.85. The van der Waals surface area contributed by atoms with Gasteiger partial charge in [0.1, 0.15) is 11.9 Å². The van der Waals surface area contributed by atoms with Gasteiger partial charge in [0.15, 0.2) is 0 Å². The molecule has 1 heterocycles. The van der Waals surface area contributed by atoms with Crippen molar-refractivity contribution in [1.82, 2.24) is 0 Å². The van der Waals surface area contributed by atoms with Crippen molar-refractivity contribution in [2.45, 2.75) is 46.6 Å². The lowest BCUT2D eigenvalue weighted by molar-refractivity contribution is -0.159. The molecule has 0 aromatic heterocycles. The number of carbonyl (C=O) groups excluding carboxylic acids is 2. The summed E-state index contributed by atoms with van der Waals surface area (Å²) in [6.07, 6.45) is 0.540. The summed E-state index contributed by atoms with van der Waals surface area (Å²) < 4.78 is 19.8. The molecule has 154 valence electrons. The summed E-state index contributed by atoms with van der Waals surface area (Å²) >= 11 is 0. The van der Waals surface area contributed by atoms with E-state index in [1.807, 2.05) is 6.92 Å². The molecule has 0 saturated carbocycles. The van der Waals surface area contributed by atoms with E-state index in [0.29, 0.717) is 41.9 Å². The van der Waals surface area contributed by atoms with E-state index in [9.17, 15) is 14.0 Å². The van der Waals surface area contributed by atoms with Crippen LogP contribution in [0, 0.1) is 18.2 Å². The second-order valence-electron chi connectivity index (χ2n) is 8.52. The van der Waals surface area contributed by atoms with Crippen molar-refractivity contribution >= 4 is 23.3 Å². The van der Waals surface area contributed by atoms with Crippen molar-refractivity contribution in [1.29, 1.82) is 0 Å². The average molecular weight is 398 g/mol. The highest BCUT2D eigenvalue weighted by atomic mass is 19.1. The molecule has 1 unspecified atom stereocenters. The zero-order chi connectivity index (χ0) is 21.3. The first-order valence-corrected chi connectivity index (χ1v) is 9.76. The minimum atomic E-state index is -0.670. The normalized spacial score (nSPS) is 16.7. The fourth-order valence-corrected chi connectivity index (χ4v) is 3.45. The van der Waals surface area contributed by atoms with E-state index in [0.717, 1.165) is 5.56 Å². The number of esters is 1. The van der Waals surface area contributed by atoms with Crippen molar-refractivity contribution in [2.24, 2.45) is 5.41 Å². The number of rotatable bonds is 2. The van der Waals surface area contributed by atoms with Gasteiger partial charge in [-0.2, -0.15) is 0 Å². The van der Waals surface area contributed by atoms with Crippen LogP contribution in [-0.4, -0.2) is 18.4 Å². The number of amides is 1. The summed E-state index contributed by atoms with van der Waals surface area (Å²) in [6.45, 7) is 7.61. The van der Waals surface area contributed by atoms with Crippen molar-refractivity contribution in [3.63, 3.8) is 0 Å². The highest BCUT2D eigenvalue weighted by Gasteiger charge is 2.32. The number of hydrogen-bond donors (Lipinski definition) is 1. The molecule has 1 atom stereocenters. The minimum absolute atomic E-state index is 0.182. The Morgan fingerprint density at radius 1 is 1.17 bits per heavy atom. The number of carbonyl (C=O) groups is 2. The molecule has 29 heavy (non-hydrogen) atoms. The van der Waals surface area contributed by atoms with Crippen molar-refractivity contribution in [3.8, 4) is 0 Å². The molecule has 1 amide bonds. The topological polar surface area (TPSA) is 72.6 Å². The Balaban J connectivity index is 2.01. The molecule has 0 spiro atoms. The number of nitrogens with two attached hydrogens (primary N) is 1. The fourth-order valence-electron chi connectivity index (χ4n) is 3.45. The average Bonchev–Trinajstić information content (AvgIpc) is 2.80. The lowest BCUT2D eigenvalue weighted by atomic mass is 9.96. The summed E-state index contributed by atoms with van der Waals surface area (Å²) in [7, 11) is 0. The van der Waals surface area contributed by atoms with Crippen LogP contribution in [0.1, 0.15) is 61.2 Å². The Morgan fingerprint density at radius 2 is 1.90 bits per heavy atom. The number of nitrogens with zero attached hydrogens (tertiary/aromatic N) is 1. The maximum Gasteiger partial charge on any atom is 0.311 e. The zero-order valence-corrected chi connectivity index (χ0v) is 17.3. The number of halogens is 1. The molecule has 2 N–H and O–H groups in total. The van der Waals surface area contributed by atoms with E-state index in [-0.39, 0.29) is 11.9 Å². The van der Waals surface area contributed by atoms with Crippen LogP contribution in [0.25, 0.3) is 0 Å². The number of hydrogen-bond acceptors (Lipinski definition) is 4. The van der Waals surface area contributed by atoms with Crippen LogP contribution in [0.4, 0.5) is 15.8 Å². The second-order valence-corrected chi connectivity index (χ2v) is 8.52. The standard InChI is InChI=1S/C23H27FN2O3/c1-14-12-16(25)8-9-17(14)21(27)26-11-5-6-20(29-22(28)23(2,3)4)18-13-15(24)7-10-19(18)26/h7-10,12-13,20H,5-6,11,25H2,1-4H3. The molecular formula is C23H27FN2O3. The Bertz CT molecular complexity index is 950. The smallest absolute Gasteiger partial charge is 0.311 e. The van der Waals surface area contributed by atoms with Gasteiger partial charge < -0.3 is 15.4 Å². The zero-order valence-electron chi connectivity index (χ0n) is 17.3. The van der Waals surface area contributed by atoms with Gasteiger partial charge in [-0.05, 0) is 82.5 Å². The summed E-state index contributed by atoms with van der Waals surface area (Å²) in [5, 5.41) is 0. The third-order valence-corrected chi connectivity index (χ3v) is 5.06. The lowest BCUT2D eigenvalue weighted by Gasteiger charge is -2.26. The highest BCUT2D eigenvalue weighted by Crippen LogP contribution is 2.38. The number of fused-ring (bicyclic) bond motifs is 1. The van der Waals surface area contributed by atoms with Crippen LogP contribution in [-0.2, 0) is 9.53 Å². The largest absolute Gasteiger partial charge is 0.457 e. The van der Waals surface area contributed by atoms with E-state index in [1.54, 1.807) is 49.9 Å². The maximum absolute atomic E-state index is 14.1. The Hall–Kier alpha value is -2.89. The summed E-state index contributed by atoms with van der Waals surface area (Å²) in [6, 6.07) is 9.42. The first-order chi connectivity index (χ1) is 13.6. The third kappa shape index (κ3) is 4.42. The fraction of sp³-hybridized carbons (Fsp3) is 0.391. The Labute approximate surface area is 170 Å². The summed E-state index contributed by atoms with van der Waals surface area (Å²) in [5.41, 5.74) is 8.13. The van der Waals surface area contributed by atoms with E-state index in [2.05, 4.69) is 0 Å². The number of aryl methyl sites for hydroxylation is 1. The lowest BCUT2D eigenvalue weighted by Crippen LogP contribution is -2.32. The molecule has 0 radical (unpaired) electrons. The van der Waals surface area contributed by atoms with E-state index < -0.39 is 17.3 Å². The molecule has 3 rings (SSSR count). The van der Waals surface area contributed by atoms with Gasteiger partial charge in [0, 0.05) is 23.4 Å². The van der Waals surface area contributed by atoms with E-state index >= 15 is 0 Å². The molecule has 0 bridgehead atoms. The van der Waals surface area contributed by atoms with Crippen LogP contribution >= 0.6 is 0 Å². The van der Waals surface area contributed by atoms with Crippen LogP contribution < -0.4 is 10.6 Å².